The van der Waals surface area contributed by atoms with Gasteiger partial charge in [-0.1, -0.05) is 31.4 Å². The van der Waals surface area contributed by atoms with Crippen LogP contribution in [-0.2, 0) is 43.7 Å². The minimum absolute atomic E-state index is 0. The molecule has 0 aromatic heterocycles. The molecule has 1 aromatic rings. The molecule has 27 heavy (non-hydrogen) atoms. The molecule has 1 aliphatic heterocycles. The number of hydrogen-bond donors (Lipinski definition) is 1. The molecule has 1 fully saturated rings. The van der Waals surface area contributed by atoms with Crippen LogP contribution in [0.5, 0.6) is 0 Å². The minimum Gasteiger partial charge on any atom is -0.557 e. The van der Waals surface area contributed by atoms with Crippen molar-refractivity contribution in [3.05, 3.63) is 66.4 Å². The molecule has 0 unspecified atom stereocenters. The van der Waals surface area contributed by atoms with Crippen molar-refractivity contribution in [3.63, 3.8) is 0 Å². The van der Waals surface area contributed by atoms with Gasteiger partial charge in [-0.25, -0.2) is 0 Å². The first-order valence-electron chi connectivity index (χ1n) is 8.33. The third-order valence-corrected chi connectivity index (χ3v) is 4.13. The van der Waals surface area contributed by atoms with Crippen LogP contribution in [0.15, 0.2) is 55.3 Å². The maximum absolute atomic E-state index is 13.5. The van der Waals surface area contributed by atoms with Gasteiger partial charge < -0.3 is 20.5 Å². The molecule has 0 atom stereocenters. The van der Waals surface area contributed by atoms with Crippen LogP contribution < -0.4 is 5.32 Å². The van der Waals surface area contributed by atoms with Gasteiger partial charge in [-0.3, -0.25) is 0 Å². The van der Waals surface area contributed by atoms with Gasteiger partial charge in [-0.05, 0) is 51.2 Å². The monoisotopic (exact) mass is 455 g/mol. The zero-order valence-corrected chi connectivity index (χ0v) is 18.1. The summed E-state index contributed by atoms with van der Waals surface area (Å²) in [6.07, 6.45) is 1.50. The van der Waals surface area contributed by atoms with Crippen LogP contribution in [0.3, 0.4) is 0 Å². The summed E-state index contributed by atoms with van der Waals surface area (Å²) in [5.74, 6) is 0.294. The molecule has 1 aromatic carbocycles. The van der Waals surface area contributed by atoms with Gasteiger partial charge >= 0.3 is 6.18 Å². The molecular weight excluding hydrogens is 432 g/mol. The standard InChI is InChI=1S/C19H23F3N3O.Y/c1-4-6-16(5-2)26-24-15-7-8-18(17(13-15)19(20,21)22)23-14-9-11-25(3)12-10-14;/h4-8,13-14,23H,1-2,9-12H2,3H3;/q-1;/b16-6+;. The molecule has 145 valence electrons. The van der Waals surface area contributed by atoms with Gasteiger partial charge in [0.25, 0.3) is 0 Å². The van der Waals surface area contributed by atoms with E-state index in [4.69, 9.17) is 4.84 Å². The average molecular weight is 455 g/mol. The van der Waals surface area contributed by atoms with E-state index in [1.165, 1.54) is 30.4 Å². The Bertz CT molecular complexity index is 669. The number of nitrogens with zero attached hydrogens (tertiary/aromatic N) is 2. The SMILES string of the molecule is C=C/C=C(\C=C)O[N-]c1ccc(NC2CCN(C)CC2)c(C(F)(F)F)c1.[Y]. The Morgan fingerprint density at radius 2 is 1.96 bits per heavy atom. The van der Waals surface area contributed by atoms with Gasteiger partial charge in [0.1, 0.15) is 5.76 Å². The third kappa shape index (κ3) is 7.32. The Balaban J connectivity index is 0.00000364. The van der Waals surface area contributed by atoms with Gasteiger partial charge in [0.15, 0.2) is 0 Å². The first-order valence-corrected chi connectivity index (χ1v) is 8.33. The number of rotatable bonds is 7. The van der Waals surface area contributed by atoms with E-state index in [2.05, 4.69) is 28.9 Å². The molecule has 1 saturated heterocycles. The summed E-state index contributed by atoms with van der Waals surface area (Å²) in [6.45, 7) is 8.78. The number of hydrogen-bond acceptors (Lipinski definition) is 3. The molecule has 0 spiro atoms. The van der Waals surface area contributed by atoms with Crippen molar-refractivity contribution < 1.29 is 50.7 Å². The molecule has 4 nitrogen and oxygen atoms in total. The molecule has 2 rings (SSSR count). The van der Waals surface area contributed by atoms with Gasteiger partial charge in [0.05, 0.1) is 5.56 Å². The Hall–Kier alpha value is -1.31. The van der Waals surface area contributed by atoms with Gasteiger partial charge in [-0.15, -0.1) is 5.69 Å². The average Bonchev–Trinajstić information content (AvgIpc) is 2.60. The first-order chi connectivity index (χ1) is 12.3. The maximum Gasteiger partial charge on any atom is 0.418 e. The molecule has 0 amide bonds. The quantitative estimate of drug-likeness (QED) is 0.340. The van der Waals surface area contributed by atoms with Crippen molar-refractivity contribution in [3.8, 4) is 0 Å². The van der Waals surface area contributed by atoms with E-state index in [1.807, 2.05) is 7.05 Å². The Labute approximate surface area is 183 Å². The predicted molar refractivity (Wildman–Crippen MR) is 98.2 cm³/mol. The molecule has 1 radical (unpaired) electrons. The summed E-state index contributed by atoms with van der Waals surface area (Å²) in [6, 6.07) is 3.88. The number of allylic oxidation sites excluding steroid dienone is 3. The zero-order valence-electron chi connectivity index (χ0n) is 15.3. The van der Waals surface area contributed by atoms with E-state index in [-0.39, 0.29) is 50.1 Å². The largest absolute Gasteiger partial charge is 0.557 e. The first kappa shape index (κ1) is 23.7. The van der Waals surface area contributed by atoms with Gasteiger partial charge in [0, 0.05) is 44.4 Å². The normalized spacial score (nSPS) is 16.2. The summed E-state index contributed by atoms with van der Waals surface area (Å²) >= 11 is 0. The molecule has 8 heteroatoms. The topological polar surface area (TPSA) is 38.6 Å². The smallest absolute Gasteiger partial charge is 0.418 e. The van der Waals surface area contributed by atoms with E-state index in [0.29, 0.717) is 5.76 Å². The van der Waals surface area contributed by atoms with Crippen molar-refractivity contribution in [1.82, 2.24) is 4.90 Å². The van der Waals surface area contributed by atoms with Gasteiger partial charge in [0.2, 0.25) is 0 Å². The molecule has 0 aliphatic carbocycles. The van der Waals surface area contributed by atoms with Crippen LogP contribution >= 0.6 is 0 Å². The van der Waals surface area contributed by atoms with Crippen LogP contribution in [0.4, 0.5) is 24.5 Å². The number of alkyl halides is 3. The summed E-state index contributed by atoms with van der Waals surface area (Å²) < 4.78 is 40.4. The fourth-order valence-electron chi connectivity index (χ4n) is 2.68. The second-order valence-electron chi connectivity index (χ2n) is 6.14. The summed E-state index contributed by atoms with van der Waals surface area (Å²) in [5.41, 5.74) is 3.13. The predicted octanol–water partition coefficient (Wildman–Crippen LogP) is 5.40. The van der Waals surface area contributed by atoms with Crippen molar-refractivity contribution in [2.24, 2.45) is 0 Å². The fourth-order valence-corrected chi connectivity index (χ4v) is 2.68. The number of halogens is 3. The number of likely N-dealkylation sites (tertiary alicyclic amines) is 1. The number of nitrogens with one attached hydrogen (secondary N) is 1. The van der Waals surface area contributed by atoms with Crippen LogP contribution in [0, 0.1) is 0 Å². The summed E-state index contributed by atoms with van der Waals surface area (Å²) in [4.78, 5) is 7.25. The van der Waals surface area contributed by atoms with Crippen LogP contribution in [0.25, 0.3) is 5.48 Å². The van der Waals surface area contributed by atoms with Gasteiger partial charge in [-0.2, -0.15) is 13.2 Å². The molecular formula is C19H23F3N3OY-. The van der Waals surface area contributed by atoms with Crippen LogP contribution in [-0.4, -0.2) is 31.1 Å². The second kappa shape index (κ2) is 10.9. The number of benzene rings is 1. The second-order valence-corrected chi connectivity index (χ2v) is 6.14. The molecule has 0 bridgehead atoms. The Morgan fingerprint density at radius 3 is 2.52 bits per heavy atom. The molecule has 1 heterocycles. The molecule has 1 N–H and O–H groups in total. The number of piperidine rings is 1. The fraction of sp³-hybridized carbons (Fsp3) is 0.368. The van der Waals surface area contributed by atoms with Crippen molar-refractivity contribution >= 4 is 11.4 Å². The van der Waals surface area contributed by atoms with E-state index < -0.39 is 11.7 Å². The number of anilines is 1. The van der Waals surface area contributed by atoms with E-state index in [9.17, 15) is 13.2 Å². The third-order valence-electron chi connectivity index (χ3n) is 4.13. The van der Waals surface area contributed by atoms with Crippen LogP contribution in [0.1, 0.15) is 18.4 Å². The van der Waals surface area contributed by atoms with E-state index in [0.717, 1.165) is 32.0 Å². The molecule has 1 aliphatic rings. The van der Waals surface area contributed by atoms with Crippen LogP contribution in [0.2, 0.25) is 0 Å². The Kier molecular flexibility index (Phi) is 9.56. The summed E-state index contributed by atoms with van der Waals surface area (Å²) in [7, 11) is 2.01. The van der Waals surface area contributed by atoms with Crippen molar-refractivity contribution in [2.75, 3.05) is 25.5 Å². The van der Waals surface area contributed by atoms with E-state index in [1.54, 1.807) is 0 Å². The molecule has 0 saturated carbocycles. The zero-order chi connectivity index (χ0) is 19.2. The van der Waals surface area contributed by atoms with Crippen molar-refractivity contribution in [1.29, 1.82) is 0 Å². The minimum atomic E-state index is -4.49. The summed E-state index contributed by atoms with van der Waals surface area (Å²) in [5, 5.41) is 3.03. The maximum atomic E-state index is 13.5. The van der Waals surface area contributed by atoms with E-state index >= 15 is 0 Å². The van der Waals surface area contributed by atoms with Crippen molar-refractivity contribution in [2.45, 2.75) is 25.1 Å². The Morgan fingerprint density at radius 1 is 1.30 bits per heavy atom.